The molecule has 14 heteroatoms. The van der Waals surface area contributed by atoms with Crippen LogP contribution in [0.25, 0.3) is 0 Å². The van der Waals surface area contributed by atoms with Gasteiger partial charge in [0, 0.05) is 40.0 Å². The molecule has 0 spiro atoms. The number of fused-ring (bicyclic) bond motifs is 2. The van der Waals surface area contributed by atoms with Crippen LogP contribution < -0.4 is 0 Å². The van der Waals surface area contributed by atoms with Crippen LogP contribution in [0.15, 0.2) is 41.5 Å². The number of rotatable bonds is 8. The number of ether oxygens (including phenoxy) is 5. The van der Waals surface area contributed by atoms with E-state index in [1.54, 1.807) is 18.2 Å². The Morgan fingerprint density at radius 1 is 0.857 bits per heavy atom. The molecular formula is C35H46O14. The maximum absolute atomic E-state index is 13.8. The van der Waals surface area contributed by atoms with E-state index in [4.69, 9.17) is 23.7 Å². The lowest BCUT2D eigenvalue weighted by atomic mass is 9.51. The molecule has 0 amide bonds. The van der Waals surface area contributed by atoms with Gasteiger partial charge in [-0.05, 0) is 50.5 Å². The van der Waals surface area contributed by atoms with Gasteiger partial charge >= 0.3 is 29.8 Å². The average Bonchev–Trinajstić information content (AvgIpc) is 3.23. The molecule has 1 aromatic carbocycles. The highest BCUT2D eigenvalue weighted by atomic mass is 16.6. The maximum Gasteiger partial charge on any atom is 0.338 e. The van der Waals surface area contributed by atoms with Gasteiger partial charge in [-0.1, -0.05) is 25.1 Å². The lowest BCUT2D eigenvalue weighted by molar-refractivity contribution is -0.292. The second-order valence-corrected chi connectivity index (χ2v) is 14.1. The van der Waals surface area contributed by atoms with Crippen LogP contribution in [0.4, 0.5) is 0 Å². The fourth-order valence-corrected chi connectivity index (χ4v) is 8.50. The summed E-state index contributed by atoms with van der Waals surface area (Å²) in [6.07, 6.45) is -10.5. The van der Waals surface area contributed by atoms with Crippen molar-refractivity contribution in [1.29, 1.82) is 0 Å². The van der Waals surface area contributed by atoms with Gasteiger partial charge in [-0.3, -0.25) is 19.2 Å². The molecule has 3 aliphatic carbocycles. The summed E-state index contributed by atoms with van der Waals surface area (Å²) < 4.78 is 28.9. The largest absolute Gasteiger partial charge is 0.463 e. The normalized spacial score (nSPS) is 35.6. The molecular weight excluding hydrogens is 644 g/mol. The van der Waals surface area contributed by atoms with E-state index in [1.807, 2.05) is 0 Å². The lowest BCUT2D eigenvalue weighted by Gasteiger charge is -2.60. The first kappa shape index (κ1) is 38.0. The minimum Gasteiger partial charge on any atom is -0.463 e. The van der Waals surface area contributed by atoms with Crippen LogP contribution in [0.1, 0.15) is 78.6 Å². The van der Waals surface area contributed by atoms with Gasteiger partial charge in [0.25, 0.3) is 0 Å². The predicted octanol–water partition coefficient (Wildman–Crippen LogP) is 1.54. The Morgan fingerprint density at radius 2 is 1.41 bits per heavy atom. The molecule has 3 aliphatic rings. The van der Waals surface area contributed by atoms with E-state index in [9.17, 15) is 44.4 Å². The van der Waals surface area contributed by atoms with Gasteiger partial charge in [0.1, 0.15) is 24.4 Å². The third-order valence-electron chi connectivity index (χ3n) is 10.6. The molecule has 0 radical (unpaired) electrons. The molecule has 2 saturated carbocycles. The van der Waals surface area contributed by atoms with E-state index < -0.39 is 107 Å². The highest BCUT2D eigenvalue weighted by Crippen LogP contribution is 2.66. The fraction of sp³-hybridized carbons (Fsp3) is 0.629. The van der Waals surface area contributed by atoms with Crippen molar-refractivity contribution in [1.82, 2.24) is 0 Å². The minimum atomic E-state index is -2.51. The zero-order chi connectivity index (χ0) is 36.9. The van der Waals surface area contributed by atoms with Crippen LogP contribution in [0.5, 0.6) is 0 Å². The van der Waals surface area contributed by atoms with Crippen LogP contribution in [-0.4, -0.2) is 105 Å². The van der Waals surface area contributed by atoms with Crippen LogP contribution in [-0.2, 0) is 42.9 Å². The molecule has 270 valence electrons. The van der Waals surface area contributed by atoms with Gasteiger partial charge in [-0.2, -0.15) is 0 Å². The van der Waals surface area contributed by atoms with Crippen molar-refractivity contribution in [2.75, 3.05) is 6.61 Å². The molecule has 49 heavy (non-hydrogen) atoms. The molecule has 0 saturated heterocycles. The second kappa shape index (κ2) is 13.5. The summed E-state index contributed by atoms with van der Waals surface area (Å²) in [5.41, 5.74) is -8.08. The third-order valence-corrected chi connectivity index (χ3v) is 10.6. The number of aliphatic hydroxyl groups excluding tert-OH is 2. The summed E-state index contributed by atoms with van der Waals surface area (Å²) >= 11 is 0. The summed E-state index contributed by atoms with van der Waals surface area (Å²) in [6.45, 7) is 9.16. The Labute approximate surface area is 284 Å². The van der Waals surface area contributed by atoms with Gasteiger partial charge in [-0.25, -0.2) is 4.79 Å². The number of aliphatic hydroxyl groups is 4. The highest BCUT2D eigenvalue weighted by molar-refractivity contribution is 5.89. The number of benzene rings is 1. The summed E-state index contributed by atoms with van der Waals surface area (Å²) in [4.78, 5) is 64.2. The monoisotopic (exact) mass is 690 g/mol. The summed E-state index contributed by atoms with van der Waals surface area (Å²) in [5, 5.41) is 49.2. The number of hydrogen-bond acceptors (Lipinski definition) is 14. The summed E-state index contributed by atoms with van der Waals surface area (Å²) in [7, 11) is 0. The first-order valence-corrected chi connectivity index (χ1v) is 16.1. The molecule has 4 N–H and O–H groups in total. The Balaban J connectivity index is 2.18. The maximum atomic E-state index is 13.8. The zero-order valence-electron chi connectivity index (χ0n) is 28.9. The quantitative estimate of drug-likeness (QED) is 0.173. The lowest BCUT2D eigenvalue weighted by Crippen LogP contribution is -2.74. The Morgan fingerprint density at radius 3 is 1.92 bits per heavy atom. The Hall–Kier alpha value is -3.85. The molecule has 2 fully saturated rings. The first-order chi connectivity index (χ1) is 22.6. The van der Waals surface area contributed by atoms with E-state index in [1.165, 1.54) is 39.8 Å². The van der Waals surface area contributed by atoms with E-state index in [0.29, 0.717) is 0 Å². The van der Waals surface area contributed by atoms with Gasteiger partial charge in [0.05, 0.1) is 34.2 Å². The van der Waals surface area contributed by atoms with Crippen molar-refractivity contribution >= 4 is 29.8 Å². The molecule has 6 unspecified atom stereocenters. The second-order valence-electron chi connectivity index (χ2n) is 14.1. The van der Waals surface area contributed by atoms with Crippen molar-refractivity contribution < 1.29 is 68.1 Å². The zero-order valence-corrected chi connectivity index (χ0v) is 28.9. The third kappa shape index (κ3) is 6.46. The van der Waals surface area contributed by atoms with Crippen molar-refractivity contribution in [2.24, 2.45) is 16.7 Å². The topological polar surface area (TPSA) is 212 Å². The number of esters is 5. The van der Waals surface area contributed by atoms with Gasteiger partial charge < -0.3 is 44.1 Å². The number of carbonyl (C=O) groups excluding carboxylic acids is 5. The molecule has 0 aromatic heterocycles. The van der Waals surface area contributed by atoms with E-state index in [0.717, 1.165) is 27.7 Å². The standard InChI is InChI=1S/C35H46O14/c1-17-23(40)15-34(32(6,7)43)26(17)27(49-31(42)22-12-10-9-11-13-22)30(48-21(5)39)33(8)24(46-19(3)37)14-25(47-20(4)38)35(44,16-45-18(2)36)28(33)29(34)41/h9-13,23-25,27-30,40-41,43-44H,14-16H2,1-8H3/t23?,24?,25?,27?,28-,29?,30?,33+,34+,35-/m0/s1. The molecule has 0 bridgehead atoms. The number of hydrogen-bond donors (Lipinski definition) is 4. The van der Waals surface area contributed by atoms with Crippen LogP contribution >= 0.6 is 0 Å². The summed E-state index contributed by atoms with van der Waals surface area (Å²) in [5.74, 6) is -6.04. The van der Waals surface area contributed by atoms with Crippen molar-refractivity contribution in [3.63, 3.8) is 0 Å². The highest BCUT2D eigenvalue weighted by Gasteiger charge is 2.77. The fourth-order valence-electron chi connectivity index (χ4n) is 8.50. The average molecular weight is 691 g/mol. The molecule has 4 rings (SSSR count). The molecule has 0 aliphatic heterocycles. The minimum absolute atomic E-state index is 0.0200. The van der Waals surface area contributed by atoms with E-state index in [-0.39, 0.29) is 23.1 Å². The van der Waals surface area contributed by atoms with Gasteiger partial charge in [-0.15, -0.1) is 0 Å². The SMILES string of the molecule is CC(=O)OC[C@]1(O)C(OC(C)=O)CC(OC(C)=O)[C@@]2(C)C(OC(C)=O)C(OC(=O)c3ccccc3)C3=C(C)C(O)C[C@]3(C(C)(C)O)C(O)[C@@H]21. The van der Waals surface area contributed by atoms with Crippen molar-refractivity contribution in [3.8, 4) is 0 Å². The Bertz CT molecular complexity index is 1510. The van der Waals surface area contributed by atoms with Crippen LogP contribution in [0.3, 0.4) is 0 Å². The molecule has 0 heterocycles. The van der Waals surface area contributed by atoms with Crippen LogP contribution in [0.2, 0.25) is 0 Å². The van der Waals surface area contributed by atoms with Gasteiger partial charge in [0.2, 0.25) is 0 Å². The van der Waals surface area contributed by atoms with E-state index >= 15 is 0 Å². The Kier molecular flexibility index (Phi) is 10.4. The van der Waals surface area contributed by atoms with Crippen molar-refractivity contribution in [3.05, 3.63) is 47.0 Å². The van der Waals surface area contributed by atoms with Crippen LogP contribution in [0, 0.1) is 16.7 Å². The molecule has 14 nitrogen and oxygen atoms in total. The first-order valence-electron chi connectivity index (χ1n) is 16.1. The predicted molar refractivity (Wildman–Crippen MR) is 168 cm³/mol. The molecule has 1 aromatic rings. The van der Waals surface area contributed by atoms with Crippen molar-refractivity contribution in [2.45, 2.75) is 116 Å². The summed E-state index contributed by atoms with van der Waals surface area (Å²) in [6, 6.07) is 7.84. The van der Waals surface area contributed by atoms with Gasteiger partial charge in [0.15, 0.2) is 12.2 Å². The smallest absolute Gasteiger partial charge is 0.338 e. The number of carbonyl (C=O) groups is 5. The molecule has 10 atom stereocenters. The van der Waals surface area contributed by atoms with E-state index in [2.05, 4.69) is 0 Å².